The van der Waals surface area contributed by atoms with E-state index in [1.54, 1.807) is 6.92 Å². The minimum absolute atomic E-state index is 0.0601. The molecule has 1 fully saturated rings. The minimum Gasteiger partial charge on any atom is -0.480 e. The molecule has 2 N–H and O–H groups in total. The van der Waals surface area contributed by atoms with Gasteiger partial charge in [0, 0.05) is 17.7 Å². The molecule has 7 nitrogen and oxygen atoms in total. The van der Waals surface area contributed by atoms with Gasteiger partial charge in [-0.1, -0.05) is 11.6 Å². The van der Waals surface area contributed by atoms with Crippen molar-refractivity contribution in [3.05, 3.63) is 52.4 Å². The molecule has 1 aliphatic carbocycles. The molecule has 0 aliphatic heterocycles. The fourth-order valence-electron chi connectivity index (χ4n) is 3.07. The second-order valence-electron chi connectivity index (χ2n) is 7.70. The van der Waals surface area contributed by atoms with Crippen molar-refractivity contribution in [1.82, 2.24) is 20.2 Å². The van der Waals surface area contributed by atoms with Crippen molar-refractivity contribution in [2.75, 3.05) is 5.32 Å². The van der Waals surface area contributed by atoms with Crippen LogP contribution in [0.25, 0.3) is 11.3 Å². The highest BCUT2D eigenvalue weighted by Gasteiger charge is 2.39. The zero-order chi connectivity index (χ0) is 23.9. The van der Waals surface area contributed by atoms with E-state index >= 15 is 0 Å². The third-order valence-corrected chi connectivity index (χ3v) is 5.44. The van der Waals surface area contributed by atoms with Crippen molar-refractivity contribution in [1.29, 1.82) is 0 Å². The number of nitrogens with zero attached hydrogens (tertiary/aromatic N) is 3. The Morgan fingerprint density at radius 1 is 1.27 bits per heavy atom. The standard InChI is InChI=1S/C21H18ClF4N5O2/c1-9-18(19(22)31-30-9)29-20(32)13-5-14(23)12(6-17(13)33-10(2)21(24,25)26)16-8-27-15(7-28-16)11-3-4-11/h5-8,10-11H,3-4H2,1-2H3,(H,29,32)(H,30,31)/t10-/m0/s1. The Bertz CT molecular complexity index is 1170. The number of alkyl halides is 3. The van der Waals surface area contributed by atoms with Gasteiger partial charge in [0.25, 0.3) is 5.91 Å². The van der Waals surface area contributed by atoms with E-state index in [2.05, 4.69) is 25.5 Å². The van der Waals surface area contributed by atoms with Crippen LogP contribution in [0.15, 0.2) is 24.5 Å². The smallest absolute Gasteiger partial charge is 0.425 e. The van der Waals surface area contributed by atoms with E-state index in [0.717, 1.165) is 37.6 Å². The fourth-order valence-corrected chi connectivity index (χ4v) is 3.31. The minimum atomic E-state index is -4.71. The number of carbonyl (C=O) groups is 1. The molecule has 1 saturated carbocycles. The van der Waals surface area contributed by atoms with Gasteiger partial charge in [0.15, 0.2) is 11.3 Å². The molecular formula is C21H18ClF4N5O2. The maximum Gasteiger partial charge on any atom is 0.425 e. The summed E-state index contributed by atoms with van der Waals surface area (Å²) in [5, 5.41) is 8.63. The van der Waals surface area contributed by atoms with Crippen molar-refractivity contribution in [3.8, 4) is 17.0 Å². The molecule has 1 amide bonds. The van der Waals surface area contributed by atoms with Gasteiger partial charge in [-0.15, -0.1) is 0 Å². The summed E-state index contributed by atoms with van der Waals surface area (Å²) in [6.45, 7) is 2.36. The number of ether oxygens (including phenoxy) is 1. The summed E-state index contributed by atoms with van der Waals surface area (Å²) in [6, 6.07) is 1.81. The van der Waals surface area contributed by atoms with Crippen molar-refractivity contribution < 1.29 is 27.1 Å². The molecule has 1 atom stereocenters. The molecule has 0 bridgehead atoms. The quantitative estimate of drug-likeness (QED) is 0.456. The Kier molecular flexibility index (Phi) is 6.00. The van der Waals surface area contributed by atoms with Crippen LogP contribution in [-0.2, 0) is 0 Å². The number of aryl methyl sites for hydroxylation is 1. The number of rotatable bonds is 6. The highest BCUT2D eigenvalue weighted by molar-refractivity contribution is 6.33. The number of aromatic nitrogens is 4. The van der Waals surface area contributed by atoms with E-state index in [-0.39, 0.29) is 22.1 Å². The van der Waals surface area contributed by atoms with Crippen LogP contribution in [-0.4, -0.2) is 38.4 Å². The second kappa shape index (κ2) is 8.62. The first-order valence-corrected chi connectivity index (χ1v) is 10.3. The van der Waals surface area contributed by atoms with Crippen molar-refractivity contribution in [2.24, 2.45) is 0 Å². The van der Waals surface area contributed by atoms with Crippen LogP contribution in [0.1, 0.15) is 47.4 Å². The van der Waals surface area contributed by atoms with Gasteiger partial charge < -0.3 is 10.1 Å². The number of nitrogens with one attached hydrogen (secondary N) is 2. The molecule has 174 valence electrons. The lowest BCUT2D eigenvalue weighted by Crippen LogP contribution is -2.32. The number of benzene rings is 1. The predicted octanol–water partition coefficient (Wildman–Crippen LogP) is 5.43. The topological polar surface area (TPSA) is 92.8 Å². The predicted molar refractivity (Wildman–Crippen MR) is 112 cm³/mol. The third kappa shape index (κ3) is 4.92. The first-order valence-electron chi connectivity index (χ1n) is 9.95. The number of hydrogen-bond donors (Lipinski definition) is 2. The number of halogens is 5. The summed E-state index contributed by atoms with van der Waals surface area (Å²) in [5.74, 6) is -1.95. The lowest BCUT2D eigenvalue weighted by atomic mass is 10.1. The van der Waals surface area contributed by atoms with Crippen molar-refractivity contribution in [2.45, 2.75) is 44.9 Å². The fraction of sp³-hybridized carbons (Fsp3) is 0.333. The zero-order valence-electron chi connectivity index (χ0n) is 17.4. The monoisotopic (exact) mass is 483 g/mol. The first kappa shape index (κ1) is 23.0. The number of anilines is 1. The Morgan fingerprint density at radius 2 is 2.00 bits per heavy atom. The van der Waals surface area contributed by atoms with E-state index in [1.165, 1.54) is 12.4 Å². The molecule has 33 heavy (non-hydrogen) atoms. The molecule has 1 aliphatic rings. The van der Waals surface area contributed by atoms with Crippen LogP contribution in [0.4, 0.5) is 23.2 Å². The van der Waals surface area contributed by atoms with E-state index < -0.39 is 35.3 Å². The maximum absolute atomic E-state index is 15.0. The maximum atomic E-state index is 15.0. The van der Waals surface area contributed by atoms with Gasteiger partial charge in [-0.2, -0.15) is 18.3 Å². The Balaban J connectivity index is 1.73. The van der Waals surface area contributed by atoms with Gasteiger partial charge in [-0.3, -0.25) is 19.9 Å². The summed E-state index contributed by atoms with van der Waals surface area (Å²) in [7, 11) is 0. The van der Waals surface area contributed by atoms with E-state index in [1.807, 2.05) is 0 Å². The normalized spacial score (nSPS) is 14.8. The first-order chi connectivity index (χ1) is 15.5. The van der Waals surface area contributed by atoms with Gasteiger partial charge >= 0.3 is 6.18 Å². The van der Waals surface area contributed by atoms with Gasteiger partial charge in [0.1, 0.15) is 17.3 Å². The van der Waals surface area contributed by atoms with E-state index in [9.17, 15) is 22.4 Å². The van der Waals surface area contributed by atoms with Crippen LogP contribution < -0.4 is 10.1 Å². The largest absolute Gasteiger partial charge is 0.480 e. The van der Waals surface area contributed by atoms with E-state index in [4.69, 9.17) is 16.3 Å². The Hall–Kier alpha value is -3.21. The SMILES string of the molecule is Cc1[nH]nc(Cl)c1NC(=O)c1cc(F)c(-c2cnc(C3CC3)cn2)cc1O[C@@H](C)C(F)(F)F. The highest BCUT2D eigenvalue weighted by Crippen LogP contribution is 2.39. The summed E-state index contributed by atoms with van der Waals surface area (Å²) < 4.78 is 59.5. The molecule has 3 aromatic rings. The Labute approximate surface area is 190 Å². The summed E-state index contributed by atoms with van der Waals surface area (Å²) in [6.07, 6.45) is -2.12. The van der Waals surface area contributed by atoms with Crippen LogP contribution >= 0.6 is 11.6 Å². The molecular weight excluding hydrogens is 466 g/mol. The molecule has 0 saturated heterocycles. The number of amides is 1. The molecule has 4 rings (SSSR count). The average molecular weight is 484 g/mol. The molecule has 0 unspecified atom stereocenters. The van der Waals surface area contributed by atoms with Crippen molar-refractivity contribution in [3.63, 3.8) is 0 Å². The highest BCUT2D eigenvalue weighted by atomic mass is 35.5. The Morgan fingerprint density at radius 3 is 2.55 bits per heavy atom. The summed E-state index contributed by atoms with van der Waals surface area (Å²) in [5.41, 5.74) is 0.784. The van der Waals surface area contributed by atoms with E-state index in [0.29, 0.717) is 11.6 Å². The zero-order valence-corrected chi connectivity index (χ0v) is 18.2. The lowest BCUT2D eigenvalue weighted by molar-refractivity contribution is -0.189. The van der Waals surface area contributed by atoms with Crippen molar-refractivity contribution >= 4 is 23.2 Å². The van der Waals surface area contributed by atoms with Gasteiger partial charge in [0.05, 0.1) is 28.8 Å². The van der Waals surface area contributed by atoms with Crippen LogP contribution in [0.2, 0.25) is 5.15 Å². The van der Waals surface area contributed by atoms with Crippen LogP contribution in [0.5, 0.6) is 5.75 Å². The second-order valence-corrected chi connectivity index (χ2v) is 8.06. The lowest BCUT2D eigenvalue weighted by Gasteiger charge is -2.20. The number of H-pyrrole nitrogens is 1. The molecule has 1 aromatic carbocycles. The van der Waals surface area contributed by atoms with Gasteiger partial charge in [0.2, 0.25) is 0 Å². The summed E-state index contributed by atoms with van der Waals surface area (Å²) >= 11 is 5.91. The molecule has 12 heteroatoms. The van der Waals surface area contributed by atoms with Gasteiger partial charge in [-0.05, 0) is 38.8 Å². The third-order valence-electron chi connectivity index (χ3n) is 5.16. The molecule has 2 heterocycles. The van der Waals surface area contributed by atoms with Gasteiger partial charge in [-0.25, -0.2) is 4.39 Å². The number of aromatic amines is 1. The van der Waals surface area contributed by atoms with Crippen LogP contribution in [0, 0.1) is 12.7 Å². The summed E-state index contributed by atoms with van der Waals surface area (Å²) in [4.78, 5) is 21.3. The van der Waals surface area contributed by atoms with Crippen LogP contribution in [0.3, 0.4) is 0 Å². The average Bonchev–Trinajstić information content (AvgIpc) is 3.56. The molecule has 2 aromatic heterocycles. The number of carbonyl (C=O) groups excluding carboxylic acids is 1. The molecule has 0 radical (unpaired) electrons. The number of hydrogen-bond acceptors (Lipinski definition) is 5. The molecule has 0 spiro atoms.